The van der Waals surface area contributed by atoms with E-state index in [0.29, 0.717) is 48.6 Å². The molecule has 0 radical (unpaired) electrons. The molecule has 2 aromatic heterocycles. The third kappa shape index (κ3) is 5.04. The topological polar surface area (TPSA) is 127 Å². The van der Waals surface area contributed by atoms with Crippen LogP contribution in [0.1, 0.15) is 10.4 Å². The molecule has 0 bridgehead atoms. The summed E-state index contributed by atoms with van der Waals surface area (Å²) in [6.07, 6.45) is 1.74. The smallest absolute Gasteiger partial charge is 0.191 e. The molecule has 5 aromatic rings. The number of Topliss-reactive ketones (excluding diaryl/α,β-unsaturated/α-hetero) is 1. The van der Waals surface area contributed by atoms with E-state index in [1.165, 1.54) is 12.1 Å². The van der Waals surface area contributed by atoms with Crippen molar-refractivity contribution in [3.63, 3.8) is 0 Å². The number of ketones is 1. The quantitative estimate of drug-likeness (QED) is 0.303. The largest absolute Gasteiger partial charge is 0.378 e. The highest BCUT2D eigenvalue weighted by Gasteiger charge is 2.21. The van der Waals surface area contributed by atoms with E-state index in [0.717, 1.165) is 11.4 Å². The number of nitrogens with zero attached hydrogens (tertiary/aromatic N) is 4. The number of pyridine rings is 1. The summed E-state index contributed by atoms with van der Waals surface area (Å²) in [5.41, 5.74) is 2.81. The Balaban J connectivity index is 1.26. The molecule has 11 heteroatoms. The Labute approximate surface area is 229 Å². The second-order valence-electron chi connectivity index (χ2n) is 9.44. The van der Waals surface area contributed by atoms with Gasteiger partial charge in [0.15, 0.2) is 21.0 Å². The predicted molar refractivity (Wildman–Crippen MR) is 151 cm³/mol. The maximum Gasteiger partial charge on any atom is 0.191 e. The van der Waals surface area contributed by atoms with Crippen LogP contribution < -0.4 is 10.3 Å². The zero-order chi connectivity index (χ0) is 27.7. The highest BCUT2D eigenvalue weighted by molar-refractivity contribution is 7.92. The lowest BCUT2D eigenvalue weighted by Gasteiger charge is -2.28. The van der Waals surface area contributed by atoms with E-state index in [9.17, 15) is 18.0 Å². The Morgan fingerprint density at radius 1 is 0.950 bits per heavy atom. The van der Waals surface area contributed by atoms with E-state index in [4.69, 9.17) is 4.74 Å². The van der Waals surface area contributed by atoms with E-state index in [-0.39, 0.29) is 15.9 Å². The SMILES string of the molecule is O=C(CS(=O)(=O)c1ccccc1)c1ccc(-n2cc(-c3cccc4c(=O)cc(N5CCOCC5)[nH]c34)nn2)cc1. The fourth-order valence-electron chi connectivity index (χ4n) is 4.73. The number of morpholine rings is 1. The lowest BCUT2D eigenvalue weighted by molar-refractivity contribution is 0.102. The van der Waals surface area contributed by atoms with Gasteiger partial charge in [0.05, 0.1) is 35.5 Å². The molecule has 1 aliphatic rings. The highest BCUT2D eigenvalue weighted by Crippen LogP contribution is 2.27. The van der Waals surface area contributed by atoms with Crippen molar-refractivity contribution in [3.05, 3.63) is 101 Å². The average Bonchev–Trinajstić information content (AvgIpc) is 3.48. The molecule has 0 aliphatic carbocycles. The summed E-state index contributed by atoms with van der Waals surface area (Å²) in [6, 6.07) is 21.5. The summed E-state index contributed by atoms with van der Waals surface area (Å²) >= 11 is 0. The van der Waals surface area contributed by atoms with Gasteiger partial charge in [-0.25, -0.2) is 13.1 Å². The molecule has 0 saturated carbocycles. The molecule has 40 heavy (non-hydrogen) atoms. The van der Waals surface area contributed by atoms with Crippen molar-refractivity contribution in [3.8, 4) is 16.9 Å². The second kappa shape index (κ2) is 10.5. The number of anilines is 1. The van der Waals surface area contributed by atoms with E-state index < -0.39 is 21.4 Å². The fourth-order valence-corrected chi connectivity index (χ4v) is 5.98. The maximum atomic E-state index is 12.9. The van der Waals surface area contributed by atoms with Gasteiger partial charge in [0, 0.05) is 35.7 Å². The Bertz CT molecular complexity index is 1860. The van der Waals surface area contributed by atoms with Gasteiger partial charge in [0.1, 0.15) is 17.3 Å². The van der Waals surface area contributed by atoms with E-state index in [1.807, 2.05) is 12.1 Å². The first kappa shape index (κ1) is 25.7. The monoisotopic (exact) mass is 555 g/mol. The third-order valence-electron chi connectivity index (χ3n) is 6.85. The van der Waals surface area contributed by atoms with Gasteiger partial charge in [-0.15, -0.1) is 5.10 Å². The third-order valence-corrected chi connectivity index (χ3v) is 8.48. The number of hydrogen-bond donors (Lipinski definition) is 1. The van der Waals surface area contributed by atoms with Crippen LogP contribution in [0, 0.1) is 0 Å². The number of rotatable bonds is 7. The molecule has 0 atom stereocenters. The molecular formula is C29H25N5O5S. The minimum absolute atomic E-state index is 0.0842. The van der Waals surface area contributed by atoms with E-state index >= 15 is 0 Å². The van der Waals surface area contributed by atoms with Crippen LogP contribution in [-0.4, -0.2) is 66.2 Å². The van der Waals surface area contributed by atoms with Crippen LogP contribution in [0.2, 0.25) is 0 Å². The zero-order valence-electron chi connectivity index (χ0n) is 21.4. The van der Waals surface area contributed by atoms with Crippen LogP contribution in [-0.2, 0) is 14.6 Å². The number of carbonyl (C=O) groups excluding carboxylic acids is 1. The Morgan fingerprint density at radius 2 is 1.70 bits per heavy atom. The first-order valence-electron chi connectivity index (χ1n) is 12.7. The van der Waals surface area contributed by atoms with E-state index in [1.54, 1.807) is 65.5 Å². The van der Waals surface area contributed by atoms with Crippen molar-refractivity contribution in [2.75, 3.05) is 37.0 Å². The van der Waals surface area contributed by atoms with Crippen LogP contribution in [0.15, 0.2) is 94.7 Å². The molecule has 0 amide bonds. The number of aromatic amines is 1. The molecule has 1 fully saturated rings. The van der Waals surface area contributed by atoms with Crippen LogP contribution in [0.3, 0.4) is 0 Å². The summed E-state index contributed by atoms with van der Waals surface area (Å²) < 4.78 is 32.2. The second-order valence-corrected chi connectivity index (χ2v) is 11.4. The number of aromatic nitrogens is 4. The van der Waals surface area contributed by atoms with Gasteiger partial charge in [0.2, 0.25) is 0 Å². The number of nitrogens with one attached hydrogen (secondary N) is 1. The minimum Gasteiger partial charge on any atom is -0.378 e. The van der Waals surface area contributed by atoms with Gasteiger partial charge >= 0.3 is 0 Å². The molecule has 6 rings (SSSR count). The highest BCUT2D eigenvalue weighted by atomic mass is 32.2. The van der Waals surface area contributed by atoms with Gasteiger partial charge in [-0.3, -0.25) is 9.59 Å². The number of H-pyrrole nitrogens is 1. The van der Waals surface area contributed by atoms with Crippen molar-refractivity contribution in [2.24, 2.45) is 0 Å². The molecule has 1 aliphatic heterocycles. The first-order valence-corrected chi connectivity index (χ1v) is 14.4. The first-order chi connectivity index (χ1) is 19.4. The summed E-state index contributed by atoms with van der Waals surface area (Å²) in [5, 5.41) is 9.13. The van der Waals surface area contributed by atoms with Crippen LogP contribution in [0.5, 0.6) is 0 Å². The molecule has 3 heterocycles. The van der Waals surface area contributed by atoms with Crippen LogP contribution >= 0.6 is 0 Å². The standard InChI is InChI=1S/C29H25N5O5S/c35-26-17-28(33-13-15-39-16-14-33)30-29-23(7-4-8-24(26)29)25-18-34(32-31-25)21-11-9-20(10-12-21)27(36)19-40(37,38)22-5-2-1-3-6-22/h1-12,17-18H,13-16,19H2,(H,30,35). The van der Waals surface area contributed by atoms with Crippen molar-refractivity contribution < 1.29 is 17.9 Å². The molecule has 3 aromatic carbocycles. The van der Waals surface area contributed by atoms with Crippen molar-refractivity contribution >= 4 is 32.3 Å². The van der Waals surface area contributed by atoms with Gasteiger partial charge in [0.25, 0.3) is 0 Å². The van der Waals surface area contributed by atoms with Crippen LogP contribution in [0.4, 0.5) is 5.82 Å². The van der Waals surface area contributed by atoms with Crippen molar-refractivity contribution in [2.45, 2.75) is 4.90 Å². The van der Waals surface area contributed by atoms with Crippen LogP contribution in [0.25, 0.3) is 27.8 Å². The number of sulfone groups is 1. The van der Waals surface area contributed by atoms with Gasteiger partial charge in [-0.2, -0.15) is 0 Å². The fraction of sp³-hybridized carbons (Fsp3) is 0.172. The number of ether oxygens (including phenoxy) is 1. The normalized spacial score (nSPS) is 13.9. The molecular weight excluding hydrogens is 530 g/mol. The number of hydrogen-bond acceptors (Lipinski definition) is 8. The minimum atomic E-state index is -3.74. The molecule has 1 saturated heterocycles. The zero-order valence-corrected chi connectivity index (χ0v) is 22.2. The number of carbonyl (C=O) groups is 1. The van der Waals surface area contributed by atoms with Gasteiger partial charge in [-0.1, -0.05) is 35.5 Å². The maximum absolute atomic E-state index is 12.9. The Hall–Kier alpha value is -4.61. The molecule has 1 N–H and O–H groups in total. The summed E-state index contributed by atoms with van der Waals surface area (Å²) in [7, 11) is -3.74. The molecule has 0 spiro atoms. The van der Waals surface area contributed by atoms with E-state index in [2.05, 4.69) is 20.2 Å². The lowest BCUT2D eigenvalue weighted by Crippen LogP contribution is -2.37. The summed E-state index contributed by atoms with van der Waals surface area (Å²) in [5.74, 6) is -0.379. The summed E-state index contributed by atoms with van der Waals surface area (Å²) in [4.78, 5) is 31.2. The Morgan fingerprint density at radius 3 is 2.45 bits per heavy atom. The van der Waals surface area contributed by atoms with Gasteiger partial charge in [-0.05, 0) is 42.5 Å². The van der Waals surface area contributed by atoms with Crippen molar-refractivity contribution in [1.82, 2.24) is 20.0 Å². The molecule has 202 valence electrons. The number of benzene rings is 3. The lowest BCUT2D eigenvalue weighted by atomic mass is 10.1. The Kier molecular flexibility index (Phi) is 6.74. The van der Waals surface area contributed by atoms with Crippen molar-refractivity contribution in [1.29, 1.82) is 0 Å². The molecule has 0 unspecified atom stereocenters. The predicted octanol–water partition coefficient (Wildman–Crippen LogP) is 3.27. The molecule has 10 nitrogen and oxygen atoms in total. The number of para-hydroxylation sites is 1. The number of fused-ring (bicyclic) bond motifs is 1. The van der Waals surface area contributed by atoms with Gasteiger partial charge < -0.3 is 14.6 Å². The summed E-state index contributed by atoms with van der Waals surface area (Å²) in [6.45, 7) is 2.58. The average molecular weight is 556 g/mol.